The zero-order valence-corrected chi connectivity index (χ0v) is 15.3. The van der Waals surface area contributed by atoms with Gasteiger partial charge in [0.25, 0.3) is 5.91 Å². The molecule has 1 amide bonds. The number of hydrogen-bond acceptors (Lipinski definition) is 3. The van der Waals surface area contributed by atoms with Gasteiger partial charge in [0.2, 0.25) is 0 Å². The highest BCUT2D eigenvalue weighted by molar-refractivity contribution is 7.12. The minimum absolute atomic E-state index is 0.180. The molecule has 0 bridgehead atoms. The molecular weight excluding hydrogens is 318 g/mol. The summed E-state index contributed by atoms with van der Waals surface area (Å²) in [5, 5.41) is 2.04. The van der Waals surface area contributed by atoms with E-state index in [1.807, 2.05) is 28.5 Å². The predicted octanol–water partition coefficient (Wildman–Crippen LogP) is 4.96. The van der Waals surface area contributed by atoms with Gasteiger partial charge >= 0.3 is 0 Å². The summed E-state index contributed by atoms with van der Waals surface area (Å²) in [5.74, 6) is 1.10. The summed E-state index contributed by atoms with van der Waals surface area (Å²) < 4.78 is 5.94. The van der Waals surface area contributed by atoms with Crippen LogP contribution in [0.5, 0.6) is 5.75 Å². The van der Waals surface area contributed by atoms with Gasteiger partial charge in [-0.05, 0) is 55.3 Å². The number of carbonyl (C=O) groups excluding carboxylic acids is 1. The quantitative estimate of drug-likeness (QED) is 0.785. The van der Waals surface area contributed by atoms with Crippen molar-refractivity contribution in [1.29, 1.82) is 0 Å². The Labute approximate surface area is 148 Å². The van der Waals surface area contributed by atoms with E-state index in [2.05, 4.69) is 19.9 Å². The van der Waals surface area contributed by atoms with Crippen LogP contribution in [0.2, 0.25) is 0 Å². The second-order valence-electron chi connectivity index (χ2n) is 6.51. The van der Waals surface area contributed by atoms with E-state index < -0.39 is 0 Å². The average Bonchev–Trinajstić information content (AvgIpc) is 2.89. The molecule has 0 unspecified atom stereocenters. The van der Waals surface area contributed by atoms with Crippen LogP contribution in [0.3, 0.4) is 0 Å². The number of nitrogens with zero attached hydrogens (tertiary/aromatic N) is 1. The molecule has 2 heterocycles. The van der Waals surface area contributed by atoms with Crippen LogP contribution in [-0.2, 0) is 6.61 Å². The summed E-state index contributed by atoms with van der Waals surface area (Å²) in [7, 11) is 0. The molecule has 0 saturated carbocycles. The summed E-state index contributed by atoms with van der Waals surface area (Å²) in [4.78, 5) is 15.5. The van der Waals surface area contributed by atoms with Gasteiger partial charge in [0, 0.05) is 18.7 Å². The number of thiophene rings is 1. The number of benzene rings is 1. The maximum Gasteiger partial charge on any atom is 0.263 e. The van der Waals surface area contributed by atoms with Crippen LogP contribution in [0.1, 0.15) is 52.0 Å². The van der Waals surface area contributed by atoms with E-state index >= 15 is 0 Å². The highest BCUT2D eigenvalue weighted by Crippen LogP contribution is 2.24. The zero-order chi connectivity index (χ0) is 16.9. The Hall–Kier alpha value is -1.81. The Morgan fingerprint density at radius 2 is 1.92 bits per heavy atom. The van der Waals surface area contributed by atoms with Crippen molar-refractivity contribution in [3.63, 3.8) is 0 Å². The first-order valence-corrected chi connectivity index (χ1v) is 9.59. The number of likely N-dealkylation sites (tertiary alicyclic amines) is 1. The lowest BCUT2D eigenvalue weighted by molar-refractivity contribution is 0.0766. The number of ether oxygens (including phenoxy) is 1. The van der Waals surface area contributed by atoms with Crippen LogP contribution >= 0.6 is 11.3 Å². The van der Waals surface area contributed by atoms with Gasteiger partial charge in [-0.1, -0.05) is 25.0 Å². The Morgan fingerprint density at radius 1 is 1.17 bits per heavy atom. The molecule has 0 aliphatic carbocycles. The minimum atomic E-state index is 0.180. The molecular formula is C20H25NO2S. The molecule has 0 N–H and O–H groups in total. The molecule has 2 aromatic rings. The molecule has 0 radical (unpaired) electrons. The molecule has 1 aliphatic heterocycles. The number of rotatable bonds is 4. The number of amides is 1. The van der Waals surface area contributed by atoms with Gasteiger partial charge < -0.3 is 9.64 Å². The van der Waals surface area contributed by atoms with Gasteiger partial charge in [-0.15, -0.1) is 11.3 Å². The van der Waals surface area contributed by atoms with E-state index in [1.165, 1.54) is 35.3 Å². The molecule has 1 aromatic carbocycles. The second-order valence-corrected chi connectivity index (χ2v) is 7.42. The van der Waals surface area contributed by atoms with Crippen molar-refractivity contribution in [2.45, 2.75) is 46.1 Å². The number of carbonyl (C=O) groups is 1. The zero-order valence-electron chi connectivity index (χ0n) is 14.5. The Kier molecular flexibility index (Phi) is 5.56. The molecule has 128 valence electrons. The van der Waals surface area contributed by atoms with Crippen LogP contribution in [0.4, 0.5) is 0 Å². The van der Waals surface area contributed by atoms with Crippen molar-refractivity contribution < 1.29 is 9.53 Å². The van der Waals surface area contributed by atoms with Crippen molar-refractivity contribution in [3.05, 3.63) is 51.2 Å². The van der Waals surface area contributed by atoms with Crippen molar-refractivity contribution in [2.24, 2.45) is 0 Å². The highest BCUT2D eigenvalue weighted by atomic mass is 32.1. The summed E-state index contributed by atoms with van der Waals surface area (Å²) in [6.07, 6.45) is 4.73. The Morgan fingerprint density at radius 3 is 2.67 bits per heavy atom. The predicted molar refractivity (Wildman–Crippen MR) is 98.9 cm³/mol. The Balaban J connectivity index is 1.62. The molecule has 24 heavy (non-hydrogen) atoms. The fourth-order valence-corrected chi connectivity index (χ4v) is 3.90. The first-order chi connectivity index (χ1) is 11.6. The molecule has 1 fully saturated rings. The SMILES string of the molecule is Cc1cccc(OCc2csc(C(=O)N3CCCCCC3)c2)c1C. The molecule has 3 rings (SSSR count). The van der Waals surface area contributed by atoms with E-state index in [9.17, 15) is 4.79 Å². The molecule has 0 atom stereocenters. The fraction of sp³-hybridized carbons (Fsp3) is 0.450. The summed E-state index contributed by atoms with van der Waals surface area (Å²) in [6, 6.07) is 8.09. The summed E-state index contributed by atoms with van der Waals surface area (Å²) in [6.45, 7) is 6.46. The van der Waals surface area contributed by atoms with Gasteiger partial charge in [-0.2, -0.15) is 0 Å². The minimum Gasteiger partial charge on any atom is -0.489 e. The number of aryl methyl sites for hydroxylation is 1. The van der Waals surface area contributed by atoms with E-state index in [1.54, 1.807) is 0 Å². The third-order valence-corrected chi connectivity index (χ3v) is 5.67. The average molecular weight is 343 g/mol. The largest absolute Gasteiger partial charge is 0.489 e. The van der Waals surface area contributed by atoms with Gasteiger partial charge in [0.1, 0.15) is 12.4 Å². The van der Waals surface area contributed by atoms with Crippen molar-refractivity contribution >= 4 is 17.2 Å². The molecule has 4 heteroatoms. The third kappa shape index (κ3) is 3.99. The van der Waals surface area contributed by atoms with Crippen LogP contribution in [-0.4, -0.2) is 23.9 Å². The van der Waals surface area contributed by atoms with Crippen LogP contribution < -0.4 is 4.74 Å². The summed E-state index contributed by atoms with van der Waals surface area (Å²) in [5.41, 5.74) is 3.47. The lowest BCUT2D eigenvalue weighted by Crippen LogP contribution is -2.31. The molecule has 1 saturated heterocycles. The topological polar surface area (TPSA) is 29.5 Å². The second kappa shape index (κ2) is 7.84. The lowest BCUT2D eigenvalue weighted by Gasteiger charge is -2.19. The summed E-state index contributed by atoms with van der Waals surface area (Å²) >= 11 is 1.53. The van der Waals surface area contributed by atoms with E-state index in [0.717, 1.165) is 42.1 Å². The van der Waals surface area contributed by atoms with E-state index in [4.69, 9.17) is 4.74 Å². The first kappa shape index (κ1) is 17.0. The molecule has 1 aliphatic rings. The van der Waals surface area contributed by atoms with Crippen LogP contribution in [0.25, 0.3) is 0 Å². The van der Waals surface area contributed by atoms with Gasteiger partial charge in [-0.3, -0.25) is 4.79 Å². The molecule has 3 nitrogen and oxygen atoms in total. The lowest BCUT2D eigenvalue weighted by atomic mass is 10.1. The third-order valence-electron chi connectivity index (χ3n) is 4.71. The van der Waals surface area contributed by atoms with Crippen molar-refractivity contribution in [3.8, 4) is 5.75 Å². The first-order valence-electron chi connectivity index (χ1n) is 8.71. The highest BCUT2D eigenvalue weighted by Gasteiger charge is 2.19. The standard InChI is InChI=1S/C20H25NO2S/c1-15-8-7-9-18(16(15)2)23-13-17-12-19(24-14-17)20(22)21-10-5-3-4-6-11-21/h7-9,12,14H,3-6,10-11,13H2,1-2H3. The van der Waals surface area contributed by atoms with Gasteiger partial charge in [0.15, 0.2) is 0 Å². The monoisotopic (exact) mass is 343 g/mol. The van der Waals surface area contributed by atoms with Crippen LogP contribution in [0.15, 0.2) is 29.6 Å². The molecule has 0 spiro atoms. The normalized spacial score (nSPS) is 15.2. The van der Waals surface area contributed by atoms with Crippen molar-refractivity contribution in [1.82, 2.24) is 4.90 Å². The van der Waals surface area contributed by atoms with E-state index in [0.29, 0.717) is 6.61 Å². The molecule has 1 aromatic heterocycles. The fourth-order valence-electron chi connectivity index (χ4n) is 3.03. The maximum atomic E-state index is 12.6. The smallest absolute Gasteiger partial charge is 0.263 e. The van der Waals surface area contributed by atoms with Gasteiger partial charge in [0.05, 0.1) is 4.88 Å². The number of hydrogen-bond donors (Lipinski definition) is 0. The Bertz CT molecular complexity index is 699. The maximum absolute atomic E-state index is 12.6. The van der Waals surface area contributed by atoms with E-state index in [-0.39, 0.29) is 5.91 Å². The van der Waals surface area contributed by atoms with Gasteiger partial charge in [-0.25, -0.2) is 0 Å². The van der Waals surface area contributed by atoms with Crippen molar-refractivity contribution in [2.75, 3.05) is 13.1 Å². The van der Waals surface area contributed by atoms with Crippen LogP contribution in [0, 0.1) is 13.8 Å².